The van der Waals surface area contributed by atoms with Gasteiger partial charge < -0.3 is 15.0 Å². The number of aryl methyl sites for hydroxylation is 1. The number of hydrogen-bond donors (Lipinski definition) is 1. The van der Waals surface area contributed by atoms with Gasteiger partial charge in [0.2, 0.25) is 0 Å². The largest absolute Gasteiger partial charge is 0.491 e. The molecule has 1 N–H and O–H groups in total. The first-order valence-electron chi connectivity index (χ1n) is 9.76. The monoisotopic (exact) mass is 367 g/mol. The molecule has 1 fully saturated rings. The van der Waals surface area contributed by atoms with Crippen molar-refractivity contribution in [2.24, 2.45) is 0 Å². The van der Waals surface area contributed by atoms with Crippen molar-refractivity contribution >= 4 is 6.03 Å². The Bertz CT molecular complexity index is 713. The molecule has 0 spiro atoms. The van der Waals surface area contributed by atoms with Gasteiger partial charge in [-0.25, -0.2) is 4.79 Å². The smallest absolute Gasteiger partial charge is 0.317 e. The predicted molar refractivity (Wildman–Crippen MR) is 108 cm³/mol. The van der Waals surface area contributed by atoms with Crippen LogP contribution >= 0.6 is 0 Å². The van der Waals surface area contributed by atoms with Gasteiger partial charge in [0, 0.05) is 32.7 Å². The van der Waals surface area contributed by atoms with E-state index in [9.17, 15) is 4.79 Å². The molecule has 0 aliphatic carbocycles. The molecule has 0 aromatic heterocycles. The molecule has 2 amide bonds. The minimum absolute atomic E-state index is 0.00161. The van der Waals surface area contributed by atoms with Crippen molar-refractivity contribution in [3.8, 4) is 5.75 Å². The first kappa shape index (κ1) is 19.2. The van der Waals surface area contributed by atoms with Crippen molar-refractivity contribution in [3.63, 3.8) is 0 Å². The minimum atomic E-state index is 0.00161. The summed E-state index contributed by atoms with van der Waals surface area (Å²) in [5, 5.41) is 2.97. The van der Waals surface area contributed by atoms with Crippen molar-refractivity contribution in [1.82, 2.24) is 15.1 Å². The van der Waals surface area contributed by atoms with Crippen LogP contribution in [0.25, 0.3) is 0 Å². The Morgan fingerprint density at radius 2 is 1.70 bits per heavy atom. The average Bonchev–Trinajstić information content (AvgIpc) is 2.72. The van der Waals surface area contributed by atoms with Gasteiger partial charge in [0.1, 0.15) is 12.4 Å². The van der Waals surface area contributed by atoms with E-state index >= 15 is 0 Å². The maximum Gasteiger partial charge on any atom is 0.317 e. The quantitative estimate of drug-likeness (QED) is 0.765. The molecule has 0 saturated carbocycles. The topological polar surface area (TPSA) is 44.8 Å². The number of piperazine rings is 1. The van der Waals surface area contributed by atoms with Crippen LogP contribution < -0.4 is 10.1 Å². The van der Waals surface area contributed by atoms with Crippen molar-refractivity contribution < 1.29 is 9.53 Å². The second kappa shape index (κ2) is 9.97. The van der Waals surface area contributed by atoms with Crippen LogP contribution in [-0.4, -0.2) is 55.2 Å². The summed E-state index contributed by atoms with van der Waals surface area (Å²) in [6.45, 7) is 7.39. The van der Waals surface area contributed by atoms with E-state index in [1.54, 1.807) is 0 Å². The molecule has 2 aromatic rings. The molecule has 1 saturated heterocycles. The van der Waals surface area contributed by atoms with Crippen molar-refractivity contribution in [2.75, 3.05) is 39.3 Å². The van der Waals surface area contributed by atoms with Crippen LogP contribution in [0.2, 0.25) is 0 Å². The summed E-state index contributed by atoms with van der Waals surface area (Å²) in [7, 11) is 0. The molecule has 0 bridgehead atoms. The molecule has 0 radical (unpaired) electrons. The highest BCUT2D eigenvalue weighted by molar-refractivity contribution is 5.74. The lowest BCUT2D eigenvalue weighted by molar-refractivity contribution is 0.134. The van der Waals surface area contributed by atoms with Crippen molar-refractivity contribution in [2.45, 2.75) is 19.9 Å². The number of carbonyl (C=O) groups is 1. The lowest BCUT2D eigenvalue weighted by Crippen LogP contribution is -2.51. The molecule has 0 unspecified atom stereocenters. The van der Waals surface area contributed by atoms with Gasteiger partial charge in [0.05, 0.1) is 6.54 Å². The van der Waals surface area contributed by atoms with E-state index < -0.39 is 0 Å². The molecular formula is C22H29N3O2. The minimum Gasteiger partial charge on any atom is -0.491 e. The summed E-state index contributed by atoms with van der Waals surface area (Å²) in [5.41, 5.74) is 2.51. The van der Waals surface area contributed by atoms with Crippen LogP contribution in [0.1, 0.15) is 18.1 Å². The molecule has 2 aromatic carbocycles. The number of carbonyl (C=O) groups excluding carboxylic acids is 1. The molecule has 3 rings (SSSR count). The Morgan fingerprint density at radius 3 is 2.44 bits per heavy atom. The standard InChI is InChI=1S/C22H29N3O2/c1-2-20-10-6-7-11-21(20)27-17-12-23-22(26)25-15-13-24(14-16-25)18-19-8-4-3-5-9-19/h3-11H,2,12-18H2,1H3,(H,23,26). The number of ether oxygens (including phenoxy) is 1. The Hall–Kier alpha value is -2.53. The third-order valence-corrected chi connectivity index (χ3v) is 4.90. The third kappa shape index (κ3) is 5.73. The van der Waals surface area contributed by atoms with E-state index in [1.807, 2.05) is 29.2 Å². The normalized spacial score (nSPS) is 14.8. The summed E-state index contributed by atoms with van der Waals surface area (Å²) in [6, 6.07) is 18.5. The summed E-state index contributed by atoms with van der Waals surface area (Å²) in [6.07, 6.45) is 0.940. The number of benzene rings is 2. The number of nitrogens with one attached hydrogen (secondary N) is 1. The van der Waals surface area contributed by atoms with Crippen LogP contribution in [0.3, 0.4) is 0 Å². The van der Waals surface area contributed by atoms with Gasteiger partial charge in [-0.2, -0.15) is 0 Å². The van der Waals surface area contributed by atoms with E-state index in [2.05, 4.69) is 47.5 Å². The lowest BCUT2D eigenvalue weighted by Gasteiger charge is -2.34. The van der Waals surface area contributed by atoms with Crippen LogP contribution in [-0.2, 0) is 13.0 Å². The zero-order valence-electron chi connectivity index (χ0n) is 16.1. The third-order valence-electron chi connectivity index (χ3n) is 4.90. The van der Waals surface area contributed by atoms with Gasteiger partial charge >= 0.3 is 6.03 Å². The fourth-order valence-corrected chi connectivity index (χ4v) is 3.32. The molecule has 1 aliphatic heterocycles. The van der Waals surface area contributed by atoms with E-state index in [0.29, 0.717) is 13.2 Å². The molecule has 5 heteroatoms. The van der Waals surface area contributed by atoms with Gasteiger partial charge in [0.15, 0.2) is 0 Å². The van der Waals surface area contributed by atoms with Gasteiger partial charge in [-0.15, -0.1) is 0 Å². The van der Waals surface area contributed by atoms with Gasteiger partial charge in [-0.1, -0.05) is 55.5 Å². The number of rotatable bonds is 7. The SMILES string of the molecule is CCc1ccccc1OCCNC(=O)N1CCN(Cc2ccccc2)CC1. The number of hydrogen-bond acceptors (Lipinski definition) is 3. The van der Waals surface area contributed by atoms with E-state index in [0.717, 1.165) is 44.9 Å². The van der Waals surface area contributed by atoms with Crippen LogP contribution in [0.15, 0.2) is 54.6 Å². The molecular weight excluding hydrogens is 338 g/mol. The fraction of sp³-hybridized carbons (Fsp3) is 0.409. The molecule has 0 atom stereocenters. The van der Waals surface area contributed by atoms with Crippen LogP contribution in [0.5, 0.6) is 5.75 Å². The lowest BCUT2D eigenvalue weighted by atomic mass is 10.1. The van der Waals surface area contributed by atoms with Crippen LogP contribution in [0.4, 0.5) is 4.79 Å². The second-order valence-electron chi connectivity index (χ2n) is 6.79. The summed E-state index contributed by atoms with van der Waals surface area (Å²) in [5.74, 6) is 0.906. The maximum absolute atomic E-state index is 12.3. The first-order chi connectivity index (χ1) is 13.3. The molecule has 1 heterocycles. The van der Waals surface area contributed by atoms with Gasteiger partial charge in [-0.05, 0) is 23.6 Å². The Morgan fingerprint density at radius 1 is 1.00 bits per heavy atom. The first-order valence-corrected chi connectivity index (χ1v) is 9.76. The number of urea groups is 1. The molecule has 1 aliphatic rings. The Kier molecular flexibility index (Phi) is 7.11. The van der Waals surface area contributed by atoms with E-state index in [1.165, 1.54) is 11.1 Å². The van der Waals surface area contributed by atoms with Gasteiger partial charge in [-0.3, -0.25) is 4.90 Å². The second-order valence-corrected chi connectivity index (χ2v) is 6.79. The average molecular weight is 367 g/mol. The fourth-order valence-electron chi connectivity index (χ4n) is 3.32. The number of para-hydroxylation sites is 1. The number of nitrogens with zero attached hydrogens (tertiary/aromatic N) is 2. The van der Waals surface area contributed by atoms with E-state index in [4.69, 9.17) is 4.74 Å². The van der Waals surface area contributed by atoms with Gasteiger partial charge in [0.25, 0.3) is 0 Å². The van der Waals surface area contributed by atoms with Crippen molar-refractivity contribution in [1.29, 1.82) is 0 Å². The number of amides is 2. The van der Waals surface area contributed by atoms with Crippen LogP contribution in [0, 0.1) is 0 Å². The molecule has 27 heavy (non-hydrogen) atoms. The molecule has 5 nitrogen and oxygen atoms in total. The highest BCUT2D eigenvalue weighted by Crippen LogP contribution is 2.17. The summed E-state index contributed by atoms with van der Waals surface area (Å²) >= 11 is 0. The maximum atomic E-state index is 12.3. The van der Waals surface area contributed by atoms with E-state index in [-0.39, 0.29) is 6.03 Å². The zero-order valence-corrected chi connectivity index (χ0v) is 16.1. The highest BCUT2D eigenvalue weighted by Gasteiger charge is 2.20. The summed E-state index contributed by atoms with van der Waals surface area (Å²) < 4.78 is 5.81. The Balaban J connectivity index is 1.35. The predicted octanol–water partition coefficient (Wildman–Crippen LogP) is 3.16. The molecule has 144 valence electrons. The zero-order chi connectivity index (χ0) is 18.9. The highest BCUT2D eigenvalue weighted by atomic mass is 16.5. The Labute approximate surface area is 161 Å². The van der Waals surface area contributed by atoms with Crippen molar-refractivity contribution in [3.05, 3.63) is 65.7 Å². The summed E-state index contributed by atoms with van der Waals surface area (Å²) in [4.78, 5) is 16.6.